The number of nitrogens with zero attached hydrogens (tertiary/aromatic N) is 3. The van der Waals surface area contributed by atoms with Crippen LogP contribution in [0.15, 0.2) is 29.5 Å². The summed E-state index contributed by atoms with van der Waals surface area (Å²) in [6, 6.07) is 5.66. The summed E-state index contributed by atoms with van der Waals surface area (Å²) >= 11 is 5.17. The maximum atomic E-state index is 5.17. The average Bonchev–Trinajstić information content (AvgIpc) is 2.32. The van der Waals surface area contributed by atoms with Gasteiger partial charge in [0.15, 0.2) is 5.11 Å². The average molecular weight is 300 g/mol. The molecule has 0 aliphatic rings. The van der Waals surface area contributed by atoms with E-state index in [0.717, 1.165) is 18.8 Å². The van der Waals surface area contributed by atoms with Gasteiger partial charge in [-0.25, -0.2) is 0 Å². The van der Waals surface area contributed by atoms with Crippen molar-refractivity contribution in [1.29, 1.82) is 0 Å². The van der Waals surface area contributed by atoms with Crippen LogP contribution in [-0.2, 0) is 17.1 Å². The van der Waals surface area contributed by atoms with Gasteiger partial charge in [-0.05, 0) is 38.2 Å². The van der Waals surface area contributed by atoms with Crippen molar-refractivity contribution >= 4 is 23.5 Å². The van der Waals surface area contributed by atoms with Crippen LogP contribution in [0.5, 0.6) is 0 Å². The summed E-state index contributed by atoms with van der Waals surface area (Å²) in [6.07, 6.45) is 3.37. The van der Waals surface area contributed by atoms with Crippen molar-refractivity contribution in [2.45, 2.75) is 13.8 Å². The van der Waals surface area contributed by atoms with Crippen LogP contribution in [0.3, 0.4) is 0 Å². The summed E-state index contributed by atoms with van der Waals surface area (Å²) < 4.78 is 0. The number of thiocarbonyl (C=S) groups is 1. The Hall–Kier alpha value is -0.971. The first kappa shape index (κ1) is 16.0. The molecule has 0 atom stereocenters. The van der Waals surface area contributed by atoms with E-state index < -0.39 is 0 Å². The van der Waals surface area contributed by atoms with Crippen LogP contribution in [0.2, 0.25) is 0 Å². The fourth-order valence-corrected chi connectivity index (χ4v) is 1.50. The second-order valence-electron chi connectivity index (χ2n) is 3.10. The molecular weight excluding hydrogens is 284 g/mol. The Morgan fingerprint density at radius 1 is 1.47 bits per heavy atom. The number of hydrazone groups is 1. The standard InChI is InChI=1S/C11H16N4S.Cu/c1-3-15(4-2)11(16)14-13-9-10-7-5-6-8-12-10;/h5-9H,3-4H2,1-2H3,(H,14,16);/q;+2. The molecule has 1 radical (unpaired) electrons. The molecule has 1 N–H and O–H groups in total. The molecule has 0 spiro atoms. The molecule has 1 aromatic heterocycles. The largest absolute Gasteiger partial charge is 2.00 e. The first-order valence-electron chi connectivity index (χ1n) is 5.27. The molecule has 17 heavy (non-hydrogen) atoms. The van der Waals surface area contributed by atoms with E-state index in [9.17, 15) is 0 Å². The summed E-state index contributed by atoms with van der Waals surface area (Å²) in [4.78, 5) is 6.13. The van der Waals surface area contributed by atoms with E-state index in [-0.39, 0.29) is 17.1 Å². The summed E-state index contributed by atoms with van der Waals surface area (Å²) in [5.74, 6) is 0. The van der Waals surface area contributed by atoms with E-state index in [0.29, 0.717) is 5.11 Å². The molecule has 0 saturated carbocycles. The van der Waals surface area contributed by atoms with Crippen LogP contribution in [-0.4, -0.2) is 34.3 Å². The minimum Gasteiger partial charge on any atom is -0.348 e. The first-order valence-corrected chi connectivity index (χ1v) is 5.67. The molecular formula is C11H16CuN4S+2. The van der Waals surface area contributed by atoms with Crippen molar-refractivity contribution in [2.75, 3.05) is 13.1 Å². The van der Waals surface area contributed by atoms with E-state index >= 15 is 0 Å². The van der Waals surface area contributed by atoms with Gasteiger partial charge in [0.25, 0.3) is 0 Å². The Morgan fingerprint density at radius 2 is 2.18 bits per heavy atom. The van der Waals surface area contributed by atoms with Gasteiger partial charge in [-0.2, -0.15) is 5.10 Å². The Morgan fingerprint density at radius 3 is 2.71 bits per heavy atom. The van der Waals surface area contributed by atoms with Crippen LogP contribution >= 0.6 is 12.2 Å². The van der Waals surface area contributed by atoms with Gasteiger partial charge in [0, 0.05) is 19.3 Å². The van der Waals surface area contributed by atoms with Gasteiger partial charge < -0.3 is 4.90 Å². The maximum absolute atomic E-state index is 5.17. The van der Waals surface area contributed by atoms with Crippen molar-refractivity contribution in [3.8, 4) is 0 Å². The van der Waals surface area contributed by atoms with Gasteiger partial charge in [0.2, 0.25) is 0 Å². The minimum atomic E-state index is 0. The van der Waals surface area contributed by atoms with Crippen LogP contribution in [0, 0.1) is 0 Å². The normalized spacial score (nSPS) is 9.76. The van der Waals surface area contributed by atoms with Gasteiger partial charge in [-0.3, -0.25) is 10.4 Å². The zero-order valence-electron chi connectivity index (χ0n) is 9.85. The van der Waals surface area contributed by atoms with Crippen LogP contribution < -0.4 is 5.43 Å². The van der Waals surface area contributed by atoms with Crippen LogP contribution in [0.1, 0.15) is 19.5 Å². The van der Waals surface area contributed by atoms with Gasteiger partial charge in [0.05, 0.1) is 11.9 Å². The van der Waals surface area contributed by atoms with Gasteiger partial charge in [-0.1, -0.05) is 6.07 Å². The molecule has 0 unspecified atom stereocenters. The maximum Gasteiger partial charge on any atom is 2.00 e. The van der Waals surface area contributed by atoms with E-state index in [1.54, 1.807) is 12.4 Å². The number of rotatable bonds is 4. The third-order valence-corrected chi connectivity index (χ3v) is 2.44. The SMILES string of the molecule is CCN(CC)C(=S)NN=Cc1ccccn1.[Cu+2]. The third-order valence-electron chi connectivity index (χ3n) is 2.10. The summed E-state index contributed by atoms with van der Waals surface area (Å²) in [5, 5.41) is 4.67. The van der Waals surface area contributed by atoms with Crippen molar-refractivity contribution in [1.82, 2.24) is 15.3 Å². The molecule has 6 heteroatoms. The number of hydrogen-bond donors (Lipinski definition) is 1. The number of aromatic nitrogens is 1. The molecule has 0 saturated heterocycles. The summed E-state index contributed by atoms with van der Waals surface area (Å²) in [5.41, 5.74) is 3.62. The molecule has 1 rings (SSSR count). The molecule has 1 heterocycles. The predicted octanol–water partition coefficient (Wildman–Crippen LogP) is 1.63. The molecule has 4 nitrogen and oxygen atoms in total. The predicted molar refractivity (Wildman–Crippen MR) is 70.5 cm³/mol. The Kier molecular flexibility index (Phi) is 8.58. The van der Waals surface area contributed by atoms with E-state index in [4.69, 9.17) is 12.2 Å². The van der Waals surface area contributed by atoms with E-state index in [1.807, 2.05) is 23.1 Å². The monoisotopic (exact) mass is 299 g/mol. The van der Waals surface area contributed by atoms with Crippen molar-refractivity contribution < 1.29 is 17.1 Å². The second kappa shape index (κ2) is 9.10. The Balaban J connectivity index is 0.00000256. The molecule has 0 aromatic carbocycles. The van der Waals surface area contributed by atoms with Crippen LogP contribution in [0.4, 0.5) is 0 Å². The third kappa shape index (κ3) is 5.77. The number of hydrogen-bond acceptors (Lipinski definition) is 3. The first-order chi connectivity index (χ1) is 7.77. The fourth-order valence-electron chi connectivity index (χ4n) is 1.19. The smallest absolute Gasteiger partial charge is 0.348 e. The van der Waals surface area contributed by atoms with Crippen molar-refractivity contribution in [2.24, 2.45) is 5.10 Å². The molecule has 0 fully saturated rings. The molecule has 95 valence electrons. The minimum absolute atomic E-state index is 0. The number of nitrogens with one attached hydrogen (secondary N) is 1. The fraction of sp³-hybridized carbons (Fsp3) is 0.364. The Labute approximate surface area is 118 Å². The topological polar surface area (TPSA) is 40.5 Å². The zero-order chi connectivity index (χ0) is 11.8. The van der Waals surface area contributed by atoms with Crippen molar-refractivity contribution in [3.63, 3.8) is 0 Å². The second-order valence-corrected chi connectivity index (χ2v) is 3.49. The molecule has 0 aliphatic carbocycles. The summed E-state index contributed by atoms with van der Waals surface area (Å²) in [6.45, 7) is 5.86. The quantitative estimate of drug-likeness (QED) is 0.397. The molecule has 0 amide bonds. The zero-order valence-corrected chi connectivity index (χ0v) is 11.6. The van der Waals surface area contributed by atoms with Crippen molar-refractivity contribution in [3.05, 3.63) is 30.1 Å². The van der Waals surface area contributed by atoms with Gasteiger partial charge in [0.1, 0.15) is 0 Å². The van der Waals surface area contributed by atoms with E-state index in [1.165, 1.54) is 0 Å². The molecule has 0 bridgehead atoms. The molecule has 1 aromatic rings. The van der Waals surface area contributed by atoms with Gasteiger partial charge in [-0.15, -0.1) is 0 Å². The number of pyridine rings is 1. The van der Waals surface area contributed by atoms with Crippen LogP contribution in [0.25, 0.3) is 0 Å². The van der Waals surface area contributed by atoms with E-state index in [2.05, 4.69) is 29.4 Å². The Bertz CT molecular complexity index is 352. The van der Waals surface area contributed by atoms with Gasteiger partial charge >= 0.3 is 17.1 Å². The summed E-state index contributed by atoms with van der Waals surface area (Å²) in [7, 11) is 0. The molecule has 0 aliphatic heterocycles.